The minimum absolute atomic E-state index is 0. The van der Waals surface area contributed by atoms with E-state index in [1.54, 1.807) is 24.3 Å². The molecule has 0 saturated heterocycles. The van der Waals surface area contributed by atoms with Crippen LogP contribution in [0.5, 0.6) is 0 Å². The fraction of sp³-hybridized carbons (Fsp3) is 0.467. The number of carbonyl (C=O) groups excluding carboxylic acids is 2. The minimum Gasteiger partial charge on any atom is -0.348 e. The van der Waals surface area contributed by atoms with E-state index in [2.05, 4.69) is 10.6 Å². The Kier molecular flexibility index (Phi) is 7.39. The van der Waals surface area contributed by atoms with Gasteiger partial charge in [0.05, 0.1) is 11.3 Å². The first kappa shape index (κ1) is 19.4. The molecule has 1 atom stereocenters. The van der Waals surface area contributed by atoms with Gasteiger partial charge in [0.15, 0.2) is 0 Å². The molecule has 21 heavy (non-hydrogen) atoms. The molecule has 0 saturated carbocycles. The van der Waals surface area contributed by atoms with Crippen molar-refractivity contribution in [2.45, 2.75) is 33.7 Å². The summed E-state index contributed by atoms with van der Waals surface area (Å²) in [4.78, 5) is 24.2. The zero-order valence-corrected chi connectivity index (χ0v) is 13.7. The summed E-state index contributed by atoms with van der Waals surface area (Å²) in [6.45, 7) is 7.65. The number of nitrogens with one attached hydrogen (secondary N) is 2. The maximum atomic E-state index is 12.1. The molecular weight excluding hydrogens is 290 g/mol. The van der Waals surface area contributed by atoms with Gasteiger partial charge in [0, 0.05) is 18.0 Å². The van der Waals surface area contributed by atoms with Crippen molar-refractivity contribution >= 4 is 29.9 Å². The minimum atomic E-state index is -0.520. The number of anilines is 1. The average Bonchev–Trinajstić information content (AvgIpc) is 2.37. The average molecular weight is 314 g/mol. The molecule has 0 heterocycles. The fourth-order valence-electron chi connectivity index (χ4n) is 1.46. The molecule has 0 aliphatic heterocycles. The van der Waals surface area contributed by atoms with Crippen molar-refractivity contribution in [1.29, 1.82) is 0 Å². The molecular formula is C15H24ClN3O2. The third-order valence-electron chi connectivity index (χ3n) is 2.83. The first-order valence-electron chi connectivity index (χ1n) is 6.67. The highest BCUT2D eigenvalue weighted by Crippen LogP contribution is 2.20. The van der Waals surface area contributed by atoms with Gasteiger partial charge in [-0.25, -0.2) is 0 Å². The van der Waals surface area contributed by atoms with Gasteiger partial charge in [-0.1, -0.05) is 32.9 Å². The molecule has 0 aliphatic carbocycles. The van der Waals surface area contributed by atoms with Crippen LogP contribution in [0.15, 0.2) is 24.3 Å². The summed E-state index contributed by atoms with van der Waals surface area (Å²) in [6, 6.07) is 6.81. The molecule has 0 unspecified atom stereocenters. The smallest absolute Gasteiger partial charge is 0.253 e. The molecule has 1 aromatic carbocycles. The Morgan fingerprint density at radius 2 is 1.81 bits per heavy atom. The number of para-hydroxylation sites is 1. The second kappa shape index (κ2) is 8.00. The van der Waals surface area contributed by atoms with Gasteiger partial charge < -0.3 is 16.4 Å². The van der Waals surface area contributed by atoms with Crippen LogP contribution in [0.25, 0.3) is 0 Å². The molecule has 2 amide bonds. The lowest BCUT2D eigenvalue weighted by atomic mass is 9.95. The third-order valence-corrected chi connectivity index (χ3v) is 2.83. The Bertz CT molecular complexity index is 498. The van der Waals surface area contributed by atoms with Gasteiger partial charge in [-0.05, 0) is 19.1 Å². The zero-order chi connectivity index (χ0) is 15.3. The second-order valence-electron chi connectivity index (χ2n) is 5.86. The van der Waals surface area contributed by atoms with Crippen LogP contribution in [0.2, 0.25) is 0 Å². The Morgan fingerprint density at radius 3 is 2.33 bits per heavy atom. The Morgan fingerprint density at radius 1 is 1.24 bits per heavy atom. The summed E-state index contributed by atoms with van der Waals surface area (Å²) in [5, 5.41) is 5.57. The fourth-order valence-corrected chi connectivity index (χ4v) is 1.46. The summed E-state index contributed by atoms with van der Waals surface area (Å²) in [6.07, 6.45) is 0. The number of benzene rings is 1. The van der Waals surface area contributed by atoms with Crippen LogP contribution >= 0.6 is 12.4 Å². The van der Waals surface area contributed by atoms with E-state index in [4.69, 9.17) is 5.73 Å². The lowest BCUT2D eigenvalue weighted by Crippen LogP contribution is -2.38. The molecule has 118 valence electrons. The van der Waals surface area contributed by atoms with Crippen LogP contribution in [0.1, 0.15) is 38.1 Å². The number of halogens is 1. The number of hydrogen-bond acceptors (Lipinski definition) is 3. The van der Waals surface area contributed by atoms with Crippen molar-refractivity contribution in [2.75, 3.05) is 11.9 Å². The van der Waals surface area contributed by atoms with E-state index in [-0.39, 0.29) is 30.3 Å². The van der Waals surface area contributed by atoms with E-state index in [1.807, 2.05) is 27.7 Å². The van der Waals surface area contributed by atoms with Gasteiger partial charge in [0.1, 0.15) is 0 Å². The van der Waals surface area contributed by atoms with Crippen molar-refractivity contribution in [3.63, 3.8) is 0 Å². The van der Waals surface area contributed by atoms with Crippen molar-refractivity contribution in [3.8, 4) is 0 Å². The summed E-state index contributed by atoms with van der Waals surface area (Å²) in [7, 11) is 0. The molecule has 0 radical (unpaired) electrons. The van der Waals surface area contributed by atoms with Crippen LogP contribution in [0.4, 0.5) is 5.69 Å². The van der Waals surface area contributed by atoms with Gasteiger partial charge in [-0.2, -0.15) is 0 Å². The third kappa shape index (κ3) is 5.73. The van der Waals surface area contributed by atoms with E-state index in [0.29, 0.717) is 17.8 Å². The Balaban J connectivity index is 0.00000400. The normalized spacial score (nSPS) is 12.0. The molecule has 6 heteroatoms. The van der Waals surface area contributed by atoms with E-state index >= 15 is 0 Å². The monoisotopic (exact) mass is 313 g/mol. The zero-order valence-electron chi connectivity index (χ0n) is 12.9. The maximum Gasteiger partial charge on any atom is 0.253 e. The number of carbonyl (C=O) groups is 2. The highest BCUT2D eigenvalue weighted by molar-refractivity contribution is 6.04. The van der Waals surface area contributed by atoms with Gasteiger partial charge in [0.25, 0.3) is 5.91 Å². The van der Waals surface area contributed by atoms with Crippen LogP contribution in [0, 0.1) is 5.41 Å². The Labute approximate surface area is 132 Å². The van der Waals surface area contributed by atoms with E-state index in [1.165, 1.54) is 0 Å². The van der Waals surface area contributed by atoms with E-state index in [0.717, 1.165) is 0 Å². The molecule has 5 nitrogen and oxygen atoms in total. The SMILES string of the molecule is C[C@@H](CN)NC(=O)c1ccccc1NC(=O)C(C)(C)C.Cl. The van der Waals surface area contributed by atoms with Gasteiger partial charge in [-0.3, -0.25) is 9.59 Å². The molecule has 1 aromatic rings. The van der Waals surface area contributed by atoms with Crippen LogP contribution < -0.4 is 16.4 Å². The predicted octanol–water partition coefficient (Wildman–Crippen LogP) is 2.17. The maximum absolute atomic E-state index is 12.1. The number of hydrogen-bond donors (Lipinski definition) is 3. The highest BCUT2D eigenvalue weighted by atomic mass is 35.5. The molecule has 0 aliphatic rings. The number of nitrogens with two attached hydrogens (primary N) is 1. The highest BCUT2D eigenvalue weighted by Gasteiger charge is 2.23. The summed E-state index contributed by atoms with van der Waals surface area (Å²) in [5.41, 5.74) is 5.91. The molecule has 1 rings (SSSR count). The molecule has 0 fully saturated rings. The lowest BCUT2D eigenvalue weighted by molar-refractivity contribution is -0.123. The standard InChI is InChI=1S/C15H23N3O2.ClH/c1-10(9-16)17-13(19)11-7-5-6-8-12(11)18-14(20)15(2,3)4;/h5-8,10H,9,16H2,1-4H3,(H,17,19)(H,18,20);1H/t10-;/m0./s1. The van der Waals surface area contributed by atoms with E-state index < -0.39 is 5.41 Å². The number of rotatable bonds is 4. The van der Waals surface area contributed by atoms with Crippen LogP contribution in [-0.2, 0) is 4.79 Å². The largest absolute Gasteiger partial charge is 0.348 e. The van der Waals surface area contributed by atoms with E-state index in [9.17, 15) is 9.59 Å². The summed E-state index contributed by atoms with van der Waals surface area (Å²) < 4.78 is 0. The molecule has 4 N–H and O–H groups in total. The topological polar surface area (TPSA) is 84.2 Å². The summed E-state index contributed by atoms with van der Waals surface area (Å²) >= 11 is 0. The molecule has 0 aromatic heterocycles. The second-order valence-corrected chi connectivity index (χ2v) is 5.86. The Hall–Kier alpha value is -1.59. The first-order chi connectivity index (χ1) is 9.25. The first-order valence-corrected chi connectivity index (χ1v) is 6.67. The predicted molar refractivity (Wildman–Crippen MR) is 87.8 cm³/mol. The quantitative estimate of drug-likeness (QED) is 0.796. The van der Waals surface area contributed by atoms with Crippen LogP contribution in [-0.4, -0.2) is 24.4 Å². The number of amides is 2. The van der Waals surface area contributed by atoms with Gasteiger partial charge in [-0.15, -0.1) is 12.4 Å². The van der Waals surface area contributed by atoms with Crippen molar-refractivity contribution < 1.29 is 9.59 Å². The van der Waals surface area contributed by atoms with Crippen LogP contribution in [0.3, 0.4) is 0 Å². The van der Waals surface area contributed by atoms with Crippen molar-refractivity contribution in [1.82, 2.24) is 5.32 Å². The van der Waals surface area contributed by atoms with Gasteiger partial charge >= 0.3 is 0 Å². The van der Waals surface area contributed by atoms with Crippen molar-refractivity contribution in [3.05, 3.63) is 29.8 Å². The summed E-state index contributed by atoms with van der Waals surface area (Å²) in [5.74, 6) is -0.377. The van der Waals surface area contributed by atoms with Crippen molar-refractivity contribution in [2.24, 2.45) is 11.1 Å². The molecule has 0 bridgehead atoms. The lowest BCUT2D eigenvalue weighted by Gasteiger charge is -2.19. The van der Waals surface area contributed by atoms with Gasteiger partial charge in [0.2, 0.25) is 5.91 Å². The molecule has 0 spiro atoms.